The summed E-state index contributed by atoms with van der Waals surface area (Å²) in [6, 6.07) is 0.0111. The number of hydrogen-bond acceptors (Lipinski definition) is 2. The van der Waals surface area contributed by atoms with E-state index in [1.807, 2.05) is 6.92 Å². The third-order valence-corrected chi connectivity index (χ3v) is 1.93. The van der Waals surface area contributed by atoms with Gasteiger partial charge in [0.1, 0.15) is 6.54 Å². The predicted molar refractivity (Wildman–Crippen MR) is 45.8 cm³/mol. The van der Waals surface area contributed by atoms with Crippen LogP contribution >= 0.6 is 0 Å². The van der Waals surface area contributed by atoms with Crippen LogP contribution in [0.1, 0.15) is 18.5 Å². The highest BCUT2D eigenvalue weighted by Crippen LogP contribution is 2.18. The maximum absolute atomic E-state index is 12.0. The molecule has 0 aliphatic rings. The summed E-state index contributed by atoms with van der Waals surface area (Å²) in [4.78, 5) is 0. The van der Waals surface area contributed by atoms with Crippen molar-refractivity contribution < 1.29 is 13.2 Å². The van der Waals surface area contributed by atoms with Crippen molar-refractivity contribution in [1.82, 2.24) is 15.1 Å². The second-order valence-corrected chi connectivity index (χ2v) is 3.10. The van der Waals surface area contributed by atoms with Crippen LogP contribution in [0.25, 0.3) is 0 Å². The lowest BCUT2D eigenvalue weighted by Crippen LogP contribution is -2.18. The van der Waals surface area contributed by atoms with Gasteiger partial charge in [0.25, 0.3) is 0 Å². The molecule has 0 spiro atoms. The Morgan fingerprint density at radius 3 is 2.71 bits per heavy atom. The van der Waals surface area contributed by atoms with E-state index in [2.05, 4.69) is 10.4 Å². The Kier molecular flexibility index (Phi) is 3.15. The fourth-order valence-electron chi connectivity index (χ4n) is 1.04. The van der Waals surface area contributed by atoms with Gasteiger partial charge in [0, 0.05) is 17.8 Å². The molecule has 0 bridgehead atoms. The second-order valence-electron chi connectivity index (χ2n) is 3.10. The largest absolute Gasteiger partial charge is 0.408 e. The van der Waals surface area contributed by atoms with Gasteiger partial charge in [0.15, 0.2) is 0 Å². The number of rotatable bonds is 3. The highest BCUT2D eigenvalue weighted by molar-refractivity contribution is 5.08. The number of halogens is 3. The van der Waals surface area contributed by atoms with Gasteiger partial charge in [-0.25, -0.2) is 0 Å². The van der Waals surface area contributed by atoms with Crippen LogP contribution in [0.15, 0.2) is 12.4 Å². The number of nitrogens with one attached hydrogen (secondary N) is 1. The minimum Gasteiger partial charge on any atom is -0.313 e. The van der Waals surface area contributed by atoms with Crippen molar-refractivity contribution >= 4 is 0 Å². The van der Waals surface area contributed by atoms with Crippen molar-refractivity contribution in [3.05, 3.63) is 18.0 Å². The third kappa shape index (κ3) is 3.02. The molecule has 14 heavy (non-hydrogen) atoms. The molecule has 1 atom stereocenters. The molecule has 6 heteroatoms. The standard InChI is InChI=1S/C8H12F3N3/c1-6(12-2)7-3-13-14(4-7)5-8(9,10)11/h3-4,6,12H,5H2,1-2H3. The van der Waals surface area contributed by atoms with Crippen LogP contribution in [0.4, 0.5) is 13.2 Å². The monoisotopic (exact) mass is 207 g/mol. The summed E-state index contributed by atoms with van der Waals surface area (Å²) in [6.07, 6.45) is -1.38. The molecule has 0 radical (unpaired) electrons. The summed E-state index contributed by atoms with van der Waals surface area (Å²) < 4.78 is 36.8. The van der Waals surface area contributed by atoms with Crippen LogP contribution in [-0.2, 0) is 6.54 Å². The lowest BCUT2D eigenvalue weighted by atomic mass is 10.2. The van der Waals surface area contributed by atoms with E-state index in [1.54, 1.807) is 7.05 Å². The molecule has 0 saturated carbocycles. The Bertz CT molecular complexity index is 292. The molecule has 1 heterocycles. The van der Waals surface area contributed by atoms with E-state index < -0.39 is 12.7 Å². The number of aromatic nitrogens is 2. The van der Waals surface area contributed by atoms with E-state index in [4.69, 9.17) is 0 Å². The minimum absolute atomic E-state index is 0.0111. The Morgan fingerprint density at radius 1 is 1.57 bits per heavy atom. The van der Waals surface area contributed by atoms with Crippen LogP contribution < -0.4 is 5.32 Å². The zero-order valence-electron chi connectivity index (χ0n) is 7.97. The van der Waals surface area contributed by atoms with Crippen molar-refractivity contribution in [1.29, 1.82) is 0 Å². The van der Waals surface area contributed by atoms with E-state index in [9.17, 15) is 13.2 Å². The molecule has 0 saturated heterocycles. The van der Waals surface area contributed by atoms with Gasteiger partial charge < -0.3 is 5.32 Å². The molecular weight excluding hydrogens is 195 g/mol. The van der Waals surface area contributed by atoms with Gasteiger partial charge in [-0.05, 0) is 14.0 Å². The van der Waals surface area contributed by atoms with Crippen molar-refractivity contribution in [2.24, 2.45) is 0 Å². The average Bonchev–Trinajstić information content (AvgIpc) is 2.48. The highest BCUT2D eigenvalue weighted by atomic mass is 19.4. The SMILES string of the molecule is CNC(C)c1cnn(CC(F)(F)F)c1. The average molecular weight is 207 g/mol. The molecule has 1 unspecified atom stereocenters. The molecule has 0 aliphatic carbocycles. The lowest BCUT2D eigenvalue weighted by Gasteiger charge is -2.07. The molecule has 1 aromatic rings. The van der Waals surface area contributed by atoms with Crippen molar-refractivity contribution in [2.75, 3.05) is 7.05 Å². The first kappa shape index (κ1) is 11.0. The Morgan fingerprint density at radius 2 is 2.21 bits per heavy atom. The maximum Gasteiger partial charge on any atom is 0.408 e. The zero-order chi connectivity index (χ0) is 10.8. The number of hydrogen-bond donors (Lipinski definition) is 1. The molecule has 0 aliphatic heterocycles. The summed E-state index contributed by atoms with van der Waals surface area (Å²) in [5, 5.41) is 6.55. The molecular formula is C8H12F3N3. The second kappa shape index (κ2) is 4.00. The van der Waals surface area contributed by atoms with Crippen molar-refractivity contribution in [3.63, 3.8) is 0 Å². The van der Waals surface area contributed by atoms with E-state index in [0.717, 1.165) is 10.2 Å². The minimum atomic E-state index is -4.22. The first-order chi connectivity index (χ1) is 6.42. The Labute approximate surface area is 79.9 Å². The summed E-state index contributed by atoms with van der Waals surface area (Å²) in [5.41, 5.74) is 0.747. The summed E-state index contributed by atoms with van der Waals surface area (Å²) in [5.74, 6) is 0. The molecule has 1 rings (SSSR count). The Balaban J connectivity index is 2.69. The van der Waals surface area contributed by atoms with Crippen LogP contribution in [-0.4, -0.2) is 23.0 Å². The third-order valence-electron chi connectivity index (χ3n) is 1.93. The van der Waals surface area contributed by atoms with E-state index in [-0.39, 0.29) is 6.04 Å². The normalized spacial score (nSPS) is 14.4. The van der Waals surface area contributed by atoms with Gasteiger partial charge in [-0.3, -0.25) is 4.68 Å². The Hall–Kier alpha value is -1.04. The predicted octanol–water partition coefficient (Wildman–Crippen LogP) is 1.73. The van der Waals surface area contributed by atoms with Gasteiger partial charge in [0.2, 0.25) is 0 Å². The van der Waals surface area contributed by atoms with E-state index in [0.29, 0.717) is 0 Å². The van der Waals surface area contributed by atoms with Crippen molar-refractivity contribution in [2.45, 2.75) is 25.7 Å². The van der Waals surface area contributed by atoms with Crippen LogP contribution in [0, 0.1) is 0 Å². The zero-order valence-corrected chi connectivity index (χ0v) is 7.97. The molecule has 1 N–H and O–H groups in total. The maximum atomic E-state index is 12.0. The van der Waals surface area contributed by atoms with Crippen LogP contribution in [0.5, 0.6) is 0 Å². The van der Waals surface area contributed by atoms with Crippen LogP contribution in [0.3, 0.4) is 0 Å². The lowest BCUT2D eigenvalue weighted by molar-refractivity contribution is -0.142. The van der Waals surface area contributed by atoms with Gasteiger partial charge in [-0.2, -0.15) is 18.3 Å². The topological polar surface area (TPSA) is 29.9 Å². The summed E-state index contributed by atoms with van der Waals surface area (Å²) in [7, 11) is 1.74. The van der Waals surface area contributed by atoms with E-state index >= 15 is 0 Å². The molecule has 1 aromatic heterocycles. The fourth-order valence-corrected chi connectivity index (χ4v) is 1.04. The molecule has 0 fully saturated rings. The molecule has 3 nitrogen and oxygen atoms in total. The van der Waals surface area contributed by atoms with Crippen molar-refractivity contribution in [3.8, 4) is 0 Å². The first-order valence-corrected chi connectivity index (χ1v) is 4.19. The number of nitrogens with zero attached hydrogens (tertiary/aromatic N) is 2. The molecule has 0 aromatic carbocycles. The summed E-state index contributed by atoms with van der Waals surface area (Å²) in [6.45, 7) is 0.818. The number of alkyl halides is 3. The molecule has 0 amide bonds. The first-order valence-electron chi connectivity index (χ1n) is 4.19. The quantitative estimate of drug-likeness (QED) is 0.817. The van der Waals surface area contributed by atoms with Gasteiger partial charge >= 0.3 is 6.18 Å². The highest BCUT2D eigenvalue weighted by Gasteiger charge is 2.28. The van der Waals surface area contributed by atoms with Gasteiger partial charge in [0.05, 0.1) is 6.20 Å². The fraction of sp³-hybridized carbons (Fsp3) is 0.625. The molecule has 80 valence electrons. The smallest absolute Gasteiger partial charge is 0.313 e. The van der Waals surface area contributed by atoms with E-state index in [1.165, 1.54) is 12.4 Å². The summed E-state index contributed by atoms with van der Waals surface area (Å²) >= 11 is 0. The van der Waals surface area contributed by atoms with Gasteiger partial charge in [-0.1, -0.05) is 0 Å². The van der Waals surface area contributed by atoms with Gasteiger partial charge in [-0.15, -0.1) is 0 Å². The van der Waals surface area contributed by atoms with Crippen LogP contribution in [0.2, 0.25) is 0 Å².